The van der Waals surface area contributed by atoms with Gasteiger partial charge in [-0.15, -0.1) is 0 Å². The van der Waals surface area contributed by atoms with E-state index in [0.29, 0.717) is 0 Å². The Balaban J connectivity index is -0.000000143. The molecule has 0 aromatic heterocycles. The zero-order valence-electron chi connectivity index (χ0n) is 6.67. The van der Waals surface area contributed by atoms with Crippen LogP contribution in [0.1, 0.15) is 12.8 Å². The first-order valence-corrected chi connectivity index (χ1v) is 3.16. The summed E-state index contributed by atoms with van der Waals surface area (Å²) in [7, 11) is 0. The van der Waals surface area contributed by atoms with Crippen molar-refractivity contribution >= 4 is 11.9 Å². The van der Waals surface area contributed by atoms with Crippen LogP contribution in [0, 0.1) is 0 Å². The van der Waals surface area contributed by atoms with Crippen LogP contribution < -0.4 is 10.2 Å². The van der Waals surface area contributed by atoms with Crippen molar-refractivity contribution in [1.82, 2.24) is 0 Å². The Morgan fingerprint density at radius 3 is 1.15 bits per heavy atom. The zero-order valence-corrected chi connectivity index (χ0v) is 7.66. The molecule has 0 radical (unpaired) electrons. The maximum absolute atomic E-state index is 9.33. The van der Waals surface area contributed by atoms with E-state index in [-0.39, 0.29) is 42.5 Å². The van der Waals surface area contributed by atoms with E-state index in [0.717, 1.165) is 0 Å². The molecule has 0 rings (SSSR count). The quantitative estimate of drug-likeness (QED) is 0.484. The molecule has 0 aliphatic heterocycles. The average molecular weight is 237 g/mol. The average Bonchev–Trinajstić information content (AvgIpc) is 1.87. The Hall–Kier alpha value is -0.646. The molecule has 0 unspecified atom stereocenters. The number of hydrogen-bond acceptors (Lipinski definition) is 6. The van der Waals surface area contributed by atoms with Gasteiger partial charge in [0, 0.05) is 38.0 Å². The van der Waals surface area contributed by atoms with Crippen LogP contribution in [0.4, 0.5) is 0 Å². The van der Waals surface area contributed by atoms with Gasteiger partial charge in [0.1, 0.15) is 0 Å². The molecule has 7 heteroatoms. The summed E-state index contributed by atoms with van der Waals surface area (Å²) in [6, 6.07) is 0. The summed E-state index contributed by atoms with van der Waals surface area (Å²) < 4.78 is 0. The molecule has 80 valence electrons. The van der Waals surface area contributed by atoms with Crippen molar-refractivity contribution in [3.05, 3.63) is 0 Å². The third-order valence-electron chi connectivity index (χ3n) is 0.632. The Labute approximate surface area is 85.1 Å². The number of aliphatic hydroxyl groups is 2. The molecule has 0 aromatic carbocycles. The number of aliphatic carboxylic acids is 2. The van der Waals surface area contributed by atoms with Crippen LogP contribution in [-0.2, 0) is 26.1 Å². The third-order valence-corrected chi connectivity index (χ3v) is 0.632. The van der Waals surface area contributed by atoms with Crippen molar-refractivity contribution < 1.29 is 46.5 Å². The van der Waals surface area contributed by atoms with E-state index in [1.54, 1.807) is 0 Å². The first kappa shape index (κ1) is 18.2. The fraction of sp³-hybridized carbons (Fsp3) is 0.667. The van der Waals surface area contributed by atoms with Crippen LogP contribution >= 0.6 is 0 Å². The van der Waals surface area contributed by atoms with Crippen molar-refractivity contribution in [2.75, 3.05) is 13.2 Å². The second kappa shape index (κ2) is 13.9. The fourth-order valence-electron chi connectivity index (χ4n) is 0.183. The summed E-state index contributed by atoms with van der Waals surface area (Å²) in [5, 5.41) is 34.3. The van der Waals surface area contributed by atoms with Gasteiger partial charge >= 0.3 is 16.5 Å². The molecule has 0 bridgehead atoms. The molecule has 2 N–H and O–H groups in total. The molecule has 0 atom stereocenters. The number of hydrogen-bond donors (Lipinski definition) is 2. The molecular weight excluding hydrogens is 227 g/mol. The molecule has 0 saturated heterocycles. The van der Waals surface area contributed by atoms with E-state index in [1.807, 2.05) is 0 Å². The Morgan fingerprint density at radius 1 is 0.923 bits per heavy atom. The predicted molar refractivity (Wildman–Crippen MR) is 33.4 cm³/mol. The van der Waals surface area contributed by atoms with E-state index in [2.05, 4.69) is 0 Å². The van der Waals surface area contributed by atoms with Crippen molar-refractivity contribution in [2.45, 2.75) is 12.8 Å². The first-order chi connectivity index (χ1) is 5.54. The molecule has 0 aliphatic carbocycles. The van der Waals surface area contributed by atoms with Gasteiger partial charge in [0.15, 0.2) is 0 Å². The molecule has 0 spiro atoms. The van der Waals surface area contributed by atoms with Crippen molar-refractivity contribution in [3.63, 3.8) is 0 Å². The van der Waals surface area contributed by atoms with Gasteiger partial charge in [-0.05, 0) is 0 Å². The Bertz CT molecular complexity index is 121. The van der Waals surface area contributed by atoms with Gasteiger partial charge in [-0.25, -0.2) is 0 Å². The molecular formula is C6H10NiO6. The van der Waals surface area contributed by atoms with Crippen molar-refractivity contribution in [3.8, 4) is 0 Å². The van der Waals surface area contributed by atoms with Crippen molar-refractivity contribution in [2.24, 2.45) is 0 Å². The molecule has 0 heterocycles. The van der Waals surface area contributed by atoms with Gasteiger partial charge in [0.25, 0.3) is 0 Å². The summed E-state index contributed by atoms with van der Waals surface area (Å²) in [6.45, 7) is -0.662. The number of rotatable bonds is 4. The van der Waals surface area contributed by atoms with Crippen LogP contribution in [0.15, 0.2) is 0 Å². The summed E-state index contributed by atoms with van der Waals surface area (Å²) in [4.78, 5) is 18.7. The topological polar surface area (TPSA) is 121 Å². The fourth-order valence-corrected chi connectivity index (χ4v) is 0.183. The van der Waals surface area contributed by atoms with E-state index in [1.165, 1.54) is 0 Å². The predicted octanol–water partition coefficient (Wildman–Crippen LogP) is -3.77. The van der Waals surface area contributed by atoms with Gasteiger partial charge in [-0.1, -0.05) is 0 Å². The molecule has 13 heavy (non-hydrogen) atoms. The number of carboxylic acids is 2. The number of carbonyl (C=O) groups excluding carboxylic acids is 2. The monoisotopic (exact) mass is 236 g/mol. The zero-order chi connectivity index (χ0) is 9.98. The maximum Gasteiger partial charge on any atom is 2.00 e. The number of carbonyl (C=O) groups is 2. The summed E-state index contributed by atoms with van der Waals surface area (Å²) >= 11 is 0. The van der Waals surface area contributed by atoms with E-state index < -0.39 is 11.9 Å². The van der Waals surface area contributed by atoms with Crippen LogP contribution in [-0.4, -0.2) is 35.4 Å². The standard InChI is InChI=1S/2C3H6O3.Ni/c2*4-2-1-3(5)6;/h2*4H,1-2H2,(H,5,6);/q;;+2/p-2. The molecule has 0 saturated carbocycles. The minimum absolute atomic E-state index is 0. The van der Waals surface area contributed by atoms with Gasteiger partial charge < -0.3 is 30.0 Å². The second-order valence-corrected chi connectivity index (χ2v) is 1.69. The number of carboxylic acid groups (broad SMARTS) is 2. The summed E-state index contributed by atoms with van der Waals surface area (Å²) in [6.07, 6.45) is -0.528. The normalized spacial score (nSPS) is 7.54. The third kappa shape index (κ3) is 34.7. The second-order valence-electron chi connectivity index (χ2n) is 1.69. The molecule has 6 nitrogen and oxygen atoms in total. The van der Waals surface area contributed by atoms with E-state index >= 15 is 0 Å². The number of aliphatic hydroxyl groups excluding tert-OH is 2. The van der Waals surface area contributed by atoms with Gasteiger partial charge in [-0.2, -0.15) is 0 Å². The van der Waals surface area contributed by atoms with Gasteiger partial charge in [-0.3, -0.25) is 0 Å². The van der Waals surface area contributed by atoms with Crippen LogP contribution in [0.25, 0.3) is 0 Å². The first-order valence-electron chi connectivity index (χ1n) is 3.16. The van der Waals surface area contributed by atoms with E-state index in [9.17, 15) is 19.8 Å². The summed E-state index contributed by atoms with van der Waals surface area (Å²) in [5.41, 5.74) is 0. The molecule has 0 fully saturated rings. The maximum atomic E-state index is 9.33. The van der Waals surface area contributed by atoms with Crippen LogP contribution in [0.2, 0.25) is 0 Å². The van der Waals surface area contributed by atoms with Gasteiger partial charge in [0.05, 0.1) is 0 Å². The summed E-state index contributed by atoms with van der Waals surface area (Å²) in [5.74, 6) is -2.42. The van der Waals surface area contributed by atoms with Crippen LogP contribution in [0.3, 0.4) is 0 Å². The molecule has 0 aliphatic rings. The Morgan fingerprint density at radius 2 is 1.15 bits per heavy atom. The minimum Gasteiger partial charge on any atom is -0.550 e. The minimum atomic E-state index is -1.21. The van der Waals surface area contributed by atoms with Crippen molar-refractivity contribution in [1.29, 1.82) is 0 Å². The van der Waals surface area contributed by atoms with E-state index in [4.69, 9.17) is 10.2 Å². The molecule has 0 amide bonds. The molecule has 0 aromatic rings. The Kier molecular flexibility index (Phi) is 19.5. The van der Waals surface area contributed by atoms with Gasteiger partial charge in [0.2, 0.25) is 0 Å². The largest absolute Gasteiger partial charge is 2.00 e. The van der Waals surface area contributed by atoms with Crippen LogP contribution in [0.5, 0.6) is 0 Å². The SMILES string of the molecule is O=C([O-])CCO.O=C([O-])CCO.[Ni+2]. The smallest absolute Gasteiger partial charge is 0.550 e.